The molecular formula is C29H33Cl2N3O4S. The Hall–Kier alpha value is -3.07. The first-order chi connectivity index (χ1) is 18.4. The van der Waals surface area contributed by atoms with Crippen LogP contribution in [0.4, 0.5) is 5.69 Å². The van der Waals surface area contributed by atoms with E-state index in [-0.39, 0.29) is 33.1 Å². The van der Waals surface area contributed by atoms with E-state index in [9.17, 15) is 18.0 Å². The monoisotopic (exact) mass is 589 g/mol. The Morgan fingerprint density at radius 2 is 1.49 bits per heavy atom. The minimum Gasteiger partial charge on any atom is -0.354 e. The molecule has 0 aliphatic carbocycles. The Balaban J connectivity index is 2.04. The van der Waals surface area contributed by atoms with E-state index < -0.39 is 28.5 Å². The molecule has 0 aliphatic rings. The summed E-state index contributed by atoms with van der Waals surface area (Å²) in [7, 11) is -4.18. The van der Waals surface area contributed by atoms with Crippen molar-refractivity contribution in [3.8, 4) is 0 Å². The van der Waals surface area contributed by atoms with Crippen molar-refractivity contribution in [1.29, 1.82) is 0 Å². The van der Waals surface area contributed by atoms with Gasteiger partial charge in [0.2, 0.25) is 11.8 Å². The molecule has 0 spiro atoms. The van der Waals surface area contributed by atoms with Crippen LogP contribution in [0.25, 0.3) is 0 Å². The molecule has 2 amide bonds. The first-order valence-electron chi connectivity index (χ1n) is 12.6. The van der Waals surface area contributed by atoms with Gasteiger partial charge in [0.1, 0.15) is 12.6 Å². The highest BCUT2D eigenvalue weighted by Gasteiger charge is 2.32. The highest BCUT2D eigenvalue weighted by molar-refractivity contribution is 7.92. The number of anilines is 1. The van der Waals surface area contributed by atoms with Crippen LogP contribution < -0.4 is 9.62 Å². The van der Waals surface area contributed by atoms with Gasteiger partial charge in [-0.1, -0.05) is 77.7 Å². The number of hydrogen-bond acceptors (Lipinski definition) is 4. The molecule has 0 aromatic heterocycles. The lowest BCUT2D eigenvalue weighted by Gasteiger charge is -2.32. The minimum atomic E-state index is -4.18. The number of nitrogens with one attached hydrogen (secondary N) is 1. The lowest BCUT2D eigenvalue weighted by Crippen LogP contribution is -2.51. The third-order valence-electron chi connectivity index (χ3n) is 6.27. The number of carbonyl (C=O) groups is 2. The van der Waals surface area contributed by atoms with Gasteiger partial charge in [0, 0.05) is 13.1 Å². The molecule has 39 heavy (non-hydrogen) atoms. The normalized spacial score (nSPS) is 12.1. The van der Waals surface area contributed by atoms with Gasteiger partial charge in [-0.05, 0) is 63.1 Å². The van der Waals surface area contributed by atoms with Crippen LogP contribution >= 0.6 is 23.2 Å². The van der Waals surface area contributed by atoms with Crippen LogP contribution in [-0.4, -0.2) is 44.3 Å². The summed E-state index contributed by atoms with van der Waals surface area (Å²) in [6.45, 7) is 7.42. The zero-order valence-electron chi connectivity index (χ0n) is 22.4. The largest absolute Gasteiger partial charge is 0.354 e. The second-order valence-corrected chi connectivity index (χ2v) is 12.1. The van der Waals surface area contributed by atoms with Crippen molar-refractivity contribution in [2.45, 2.75) is 51.6 Å². The topological polar surface area (TPSA) is 86.8 Å². The quantitative estimate of drug-likeness (QED) is 0.308. The van der Waals surface area contributed by atoms with E-state index in [1.807, 2.05) is 45.0 Å². The number of sulfonamides is 1. The van der Waals surface area contributed by atoms with Gasteiger partial charge < -0.3 is 10.2 Å². The summed E-state index contributed by atoms with van der Waals surface area (Å²) in [4.78, 5) is 28.2. The highest BCUT2D eigenvalue weighted by Crippen LogP contribution is 2.31. The lowest BCUT2D eigenvalue weighted by molar-refractivity contribution is -0.139. The van der Waals surface area contributed by atoms with E-state index in [1.54, 1.807) is 19.1 Å². The maximum atomic E-state index is 13.9. The number of halogens is 2. The van der Waals surface area contributed by atoms with Gasteiger partial charge in [-0.3, -0.25) is 13.9 Å². The Labute approximate surface area is 240 Å². The first kappa shape index (κ1) is 30.5. The minimum absolute atomic E-state index is 0.0193. The van der Waals surface area contributed by atoms with Gasteiger partial charge in [-0.2, -0.15) is 0 Å². The van der Waals surface area contributed by atoms with E-state index >= 15 is 0 Å². The number of benzene rings is 3. The van der Waals surface area contributed by atoms with Crippen LogP contribution in [0.3, 0.4) is 0 Å². The first-order valence-corrected chi connectivity index (χ1v) is 14.8. The van der Waals surface area contributed by atoms with E-state index in [1.165, 1.54) is 35.2 Å². The Morgan fingerprint density at radius 1 is 0.897 bits per heavy atom. The fraction of sp³-hybridized carbons (Fsp3) is 0.310. The van der Waals surface area contributed by atoms with Crippen LogP contribution in [0.5, 0.6) is 0 Å². The van der Waals surface area contributed by atoms with Gasteiger partial charge in [0.05, 0.1) is 20.6 Å². The van der Waals surface area contributed by atoms with Crippen molar-refractivity contribution in [1.82, 2.24) is 10.2 Å². The molecule has 3 aromatic carbocycles. The van der Waals surface area contributed by atoms with E-state index in [0.717, 1.165) is 27.4 Å². The molecule has 0 aliphatic heterocycles. The summed E-state index contributed by atoms with van der Waals surface area (Å²) in [5.74, 6) is -0.865. The summed E-state index contributed by atoms with van der Waals surface area (Å²) in [6.07, 6.45) is 0.740. The highest BCUT2D eigenvalue weighted by atomic mass is 35.5. The van der Waals surface area contributed by atoms with Crippen molar-refractivity contribution >= 4 is 50.7 Å². The molecule has 0 fully saturated rings. The van der Waals surface area contributed by atoms with E-state index in [0.29, 0.717) is 6.54 Å². The number of hydrogen-bond donors (Lipinski definition) is 1. The van der Waals surface area contributed by atoms with Crippen LogP contribution in [-0.2, 0) is 26.2 Å². The van der Waals surface area contributed by atoms with Crippen LogP contribution in [0.2, 0.25) is 10.0 Å². The molecule has 1 N–H and O–H groups in total. The van der Waals surface area contributed by atoms with E-state index in [4.69, 9.17) is 23.2 Å². The van der Waals surface area contributed by atoms with Crippen molar-refractivity contribution in [2.24, 2.45) is 0 Å². The summed E-state index contributed by atoms with van der Waals surface area (Å²) in [5, 5.41) is 3.22. The van der Waals surface area contributed by atoms with Crippen molar-refractivity contribution in [3.05, 3.63) is 93.5 Å². The average Bonchev–Trinajstić information content (AvgIpc) is 2.91. The SMILES string of the molecule is CCCNC(=O)[C@@H](C)N(Cc1ccc(C)cc1)C(=O)CN(c1ccc(Cl)c(Cl)c1)S(=O)(=O)c1ccc(C)cc1. The summed E-state index contributed by atoms with van der Waals surface area (Å²) < 4.78 is 28.7. The van der Waals surface area contributed by atoms with Gasteiger partial charge >= 0.3 is 0 Å². The third kappa shape index (κ3) is 7.75. The molecule has 0 bridgehead atoms. The van der Waals surface area contributed by atoms with Gasteiger partial charge in [-0.25, -0.2) is 8.42 Å². The molecule has 0 unspecified atom stereocenters. The second kappa shape index (κ2) is 13.3. The lowest BCUT2D eigenvalue weighted by atomic mass is 10.1. The average molecular weight is 591 g/mol. The van der Waals surface area contributed by atoms with Gasteiger partial charge in [0.25, 0.3) is 10.0 Å². The van der Waals surface area contributed by atoms with Crippen LogP contribution in [0.15, 0.2) is 71.6 Å². The second-order valence-electron chi connectivity index (χ2n) is 9.40. The summed E-state index contributed by atoms with van der Waals surface area (Å²) in [6, 6.07) is 17.5. The molecule has 7 nitrogen and oxygen atoms in total. The fourth-order valence-corrected chi connectivity index (χ4v) is 5.57. The maximum Gasteiger partial charge on any atom is 0.264 e. The predicted molar refractivity (Wildman–Crippen MR) is 157 cm³/mol. The molecule has 0 heterocycles. The summed E-state index contributed by atoms with van der Waals surface area (Å²) in [5.41, 5.74) is 2.94. The Kier molecular flexibility index (Phi) is 10.4. The number of carbonyl (C=O) groups excluding carboxylic acids is 2. The van der Waals surface area contributed by atoms with Crippen molar-refractivity contribution < 1.29 is 18.0 Å². The number of rotatable bonds is 11. The molecule has 0 saturated carbocycles. The Morgan fingerprint density at radius 3 is 2.05 bits per heavy atom. The number of amides is 2. The summed E-state index contributed by atoms with van der Waals surface area (Å²) >= 11 is 12.3. The number of aryl methyl sites for hydroxylation is 2. The molecule has 3 aromatic rings. The smallest absolute Gasteiger partial charge is 0.264 e. The van der Waals surface area contributed by atoms with Crippen molar-refractivity contribution in [3.63, 3.8) is 0 Å². The molecule has 3 rings (SSSR count). The van der Waals surface area contributed by atoms with Crippen LogP contribution in [0.1, 0.15) is 37.0 Å². The number of nitrogens with zero attached hydrogens (tertiary/aromatic N) is 2. The van der Waals surface area contributed by atoms with Gasteiger partial charge in [-0.15, -0.1) is 0 Å². The van der Waals surface area contributed by atoms with Crippen LogP contribution in [0, 0.1) is 13.8 Å². The van der Waals surface area contributed by atoms with E-state index in [2.05, 4.69) is 5.32 Å². The van der Waals surface area contributed by atoms with Gasteiger partial charge in [0.15, 0.2) is 0 Å². The predicted octanol–water partition coefficient (Wildman–Crippen LogP) is 5.75. The Bertz CT molecular complexity index is 1410. The zero-order valence-corrected chi connectivity index (χ0v) is 24.8. The molecule has 208 valence electrons. The molecule has 10 heteroatoms. The molecule has 0 radical (unpaired) electrons. The molecule has 1 atom stereocenters. The third-order valence-corrected chi connectivity index (χ3v) is 8.80. The maximum absolute atomic E-state index is 13.9. The molecule has 0 saturated heterocycles. The zero-order chi connectivity index (χ0) is 28.7. The molecular weight excluding hydrogens is 557 g/mol. The standard InChI is InChI=1S/C29H33Cl2N3O4S/c1-5-16-32-29(36)22(4)33(18-23-10-6-20(2)7-11-23)28(35)19-34(24-12-15-26(30)27(31)17-24)39(37,38)25-13-8-21(3)9-14-25/h6-15,17,22H,5,16,18-19H2,1-4H3,(H,32,36)/t22-/m1/s1. The fourth-order valence-electron chi connectivity index (χ4n) is 3.88. The van der Waals surface area contributed by atoms with Crippen molar-refractivity contribution in [2.75, 3.05) is 17.4 Å².